The molecule has 2 aliphatic rings. The molecular weight excluding hydrogens is 554 g/mol. The molecule has 0 aromatic heterocycles. The lowest BCUT2D eigenvalue weighted by atomic mass is 9.83. The fourth-order valence-electron chi connectivity index (χ4n) is 5.99. The fraction of sp³-hybridized carbons (Fsp3) is 0.361. The van der Waals surface area contributed by atoms with Gasteiger partial charge in [-0.15, -0.1) is 0 Å². The monoisotopic (exact) mass is 595 g/mol. The van der Waals surface area contributed by atoms with Crippen LogP contribution in [-0.4, -0.2) is 59.9 Å². The third kappa shape index (κ3) is 7.94. The molecule has 3 aromatic rings. The first-order chi connectivity index (χ1) is 21.4. The first kappa shape index (κ1) is 31.0. The Morgan fingerprint density at radius 3 is 2.16 bits per heavy atom. The molecule has 2 aliphatic heterocycles. The fourth-order valence-corrected chi connectivity index (χ4v) is 5.99. The SMILES string of the molecule is CCOC(=O)C1=C(C)N(CC(=O)NC2CCN(Cc3ccccc3)CC2)C(=O)CC1c1ccc(OCc2ccccc2)cc1. The van der Waals surface area contributed by atoms with Crippen LogP contribution in [0.2, 0.25) is 0 Å². The van der Waals surface area contributed by atoms with Crippen LogP contribution in [0.25, 0.3) is 0 Å². The zero-order valence-electron chi connectivity index (χ0n) is 25.5. The van der Waals surface area contributed by atoms with E-state index in [0.717, 1.165) is 43.6 Å². The summed E-state index contributed by atoms with van der Waals surface area (Å²) in [6.07, 6.45) is 1.77. The smallest absolute Gasteiger partial charge is 0.336 e. The number of ether oxygens (including phenoxy) is 2. The molecule has 1 unspecified atom stereocenters. The maximum absolute atomic E-state index is 13.4. The number of hydrogen-bond acceptors (Lipinski definition) is 6. The Labute approximate surface area is 259 Å². The van der Waals surface area contributed by atoms with Crippen molar-refractivity contribution in [3.05, 3.63) is 113 Å². The van der Waals surface area contributed by atoms with Gasteiger partial charge in [-0.05, 0) is 55.5 Å². The number of allylic oxidation sites excluding steroid dienone is 1. The Kier molecular flexibility index (Phi) is 10.5. The van der Waals surface area contributed by atoms with E-state index in [1.807, 2.05) is 60.7 Å². The van der Waals surface area contributed by atoms with Crippen molar-refractivity contribution in [1.82, 2.24) is 15.1 Å². The number of benzene rings is 3. The second-order valence-corrected chi connectivity index (χ2v) is 11.4. The lowest BCUT2D eigenvalue weighted by molar-refractivity contribution is -0.141. The Bertz CT molecular complexity index is 1450. The Balaban J connectivity index is 1.22. The van der Waals surface area contributed by atoms with Crippen LogP contribution in [0.15, 0.2) is 96.2 Å². The molecule has 2 amide bonds. The van der Waals surface area contributed by atoms with Gasteiger partial charge in [-0.2, -0.15) is 0 Å². The molecule has 8 heteroatoms. The van der Waals surface area contributed by atoms with Gasteiger partial charge in [0.05, 0.1) is 12.2 Å². The van der Waals surface area contributed by atoms with Crippen molar-refractivity contribution < 1.29 is 23.9 Å². The van der Waals surface area contributed by atoms with E-state index in [4.69, 9.17) is 9.47 Å². The number of carbonyl (C=O) groups excluding carboxylic acids is 3. The summed E-state index contributed by atoms with van der Waals surface area (Å²) >= 11 is 0. The zero-order chi connectivity index (χ0) is 30.9. The molecule has 0 aliphatic carbocycles. The standard InChI is InChI=1S/C36H41N3O5/c1-3-43-36(42)35-26(2)39(24-33(40)37-30-18-20-38(21-19-30)23-27-10-6-4-7-11-27)34(41)22-32(35)29-14-16-31(17-15-29)44-25-28-12-8-5-9-13-28/h4-17,30,32H,3,18-25H2,1-2H3,(H,37,40). The number of carbonyl (C=O) groups is 3. The Morgan fingerprint density at radius 1 is 0.886 bits per heavy atom. The minimum absolute atomic E-state index is 0.0543. The van der Waals surface area contributed by atoms with Crippen LogP contribution in [-0.2, 0) is 32.3 Å². The van der Waals surface area contributed by atoms with E-state index in [9.17, 15) is 14.4 Å². The van der Waals surface area contributed by atoms with Crippen LogP contribution < -0.4 is 10.1 Å². The highest BCUT2D eigenvalue weighted by molar-refractivity contribution is 5.97. The first-order valence-corrected chi connectivity index (χ1v) is 15.4. The zero-order valence-corrected chi connectivity index (χ0v) is 25.5. The molecule has 0 bridgehead atoms. The van der Waals surface area contributed by atoms with Gasteiger partial charge in [-0.3, -0.25) is 14.5 Å². The average molecular weight is 596 g/mol. The van der Waals surface area contributed by atoms with Crippen molar-refractivity contribution in [3.8, 4) is 5.75 Å². The lowest BCUT2D eigenvalue weighted by Gasteiger charge is -2.35. The highest BCUT2D eigenvalue weighted by Crippen LogP contribution is 2.37. The average Bonchev–Trinajstić information content (AvgIpc) is 3.04. The largest absolute Gasteiger partial charge is 0.489 e. The molecule has 230 valence electrons. The van der Waals surface area contributed by atoms with Crippen LogP contribution in [0.1, 0.15) is 55.7 Å². The number of esters is 1. The second-order valence-electron chi connectivity index (χ2n) is 11.4. The normalized spacial score (nSPS) is 17.8. The molecule has 2 heterocycles. The van der Waals surface area contributed by atoms with Gasteiger partial charge in [0.1, 0.15) is 18.9 Å². The predicted octanol–water partition coefficient (Wildman–Crippen LogP) is 5.20. The molecular formula is C36H41N3O5. The lowest BCUT2D eigenvalue weighted by Crippen LogP contribution is -2.49. The highest BCUT2D eigenvalue weighted by Gasteiger charge is 2.38. The topological polar surface area (TPSA) is 88.2 Å². The van der Waals surface area contributed by atoms with Crippen LogP contribution in [0.3, 0.4) is 0 Å². The molecule has 1 N–H and O–H groups in total. The molecule has 0 spiro atoms. The molecule has 0 saturated carbocycles. The number of nitrogens with zero attached hydrogens (tertiary/aromatic N) is 2. The number of amides is 2. The molecule has 0 radical (unpaired) electrons. The Hall–Kier alpha value is -4.43. The molecule has 3 aromatic carbocycles. The quantitative estimate of drug-likeness (QED) is 0.307. The summed E-state index contributed by atoms with van der Waals surface area (Å²) in [5.74, 6) is -0.665. The summed E-state index contributed by atoms with van der Waals surface area (Å²) in [6.45, 7) is 6.70. The third-order valence-corrected chi connectivity index (χ3v) is 8.35. The first-order valence-electron chi connectivity index (χ1n) is 15.4. The number of likely N-dealkylation sites (tertiary alicyclic amines) is 1. The van der Waals surface area contributed by atoms with Gasteiger partial charge in [0.2, 0.25) is 11.8 Å². The van der Waals surface area contributed by atoms with E-state index in [2.05, 4.69) is 34.5 Å². The minimum Gasteiger partial charge on any atom is -0.489 e. The van der Waals surface area contributed by atoms with Gasteiger partial charge in [0, 0.05) is 43.7 Å². The van der Waals surface area contributed by atoms with Crippen molar-refractivity contribution in [1.29, 1.82) is 0 Å². The summed E-state index contributed by atoms with van der Waals surface area (Å²) in [4.78, 5) is 43.6. The van der Waals surface area contributed by atoms with Crippen molar-refractivity contribution in [2.75, 3.05) is 26.2 Å². The van der Waals surface area contributed by atoms with E-state index in [1.54, 1.807) is 13.8 Å². The van der Waals surface area contributed by atoms with Crippen molar-refractivity contribution in [2.24, 2.45) is 0 Å². The van der Waals surface area contributed by atoms with Gasteiger partial charge >= 0.3 is 5.97 Å². The van der Waals surface area contributed by atoms with Gasteiger partial charge in [-0.25, -0.2) is 4.79 Å². The number of piperidine rings is 1. The van der Waals surface area contributed by atoms with Gasteiger partial charge in [0.15, 0.2) is 0 Å². The van der Waals surface area contributed by atoms with Crippen LogP contribution in [0.5, 0.6) is 5.75 Å². The Morgan fingerprint density at radius 2 is 1.52 bits per heavy atom. The molecule has 1 fully saturated rings. The van der Waals surface area contributed by atoms with E-state index in [1.165, 1.54) is 10.5 Å². The van der Waals surface area contributed by atoms with Crippen molar-refractivity contribution in [3.63, 3.8) is 0 Å². The summed E-state index contributed by atoms with van der Waals surface area (Å²) in [7, 11) is 0. The van der Waals surface area contributed by atoms with Crippen LogP contribution >= 0.6 is 0 Å². The minimum atomic E-state index is -0.474. The van der Waals surface area contributed by atoms with Crippen LogP contribution in [0, 0.1) is 0 Å². The van der Waals surface area contributed by atoms with E-state index in [-0.39, 0.29) is 37.4 Å². The van der Waals surface area contributed by atoms with Gasteiger partial charge < -0.3 is 19.7 Å². The van der Waals surface area contributed by atoms with E-state index in [0.29, 0.717) is 23.6 Å². The number of hydrogen-bond donors (Lipinski definition) is 1. The summed E-state index contributed by atoms with van der Waals surface area (Å²) in [5, 5.41) is 3.12. The third-order valence-electron chi connectivity index (χ3n) is 8.35. The number of nitrogens with one attached hydrogen (secondary N) is 1. The summed E-state index contributed by atoms with van der Waals surface area (Å²) < 4.78 is 11.3. The van der Waals surface area contributed by atoms with E-state index < -0.39 is 11.9 Å². The highest BCUT2D eigenvalue weighted by atomic mass is 16.5. The maximum Gasteiger partial charge on any atom is 0.336 e. The van der Waals surface area contributed by atoms with Gasteiger partial charge in [0.25, 0.3) is 0 Å². The van der Waals surface area contributed by atoms with Gasteiger partial charge in [-0.1, -0.05) is 72.8 Å². The summed E-state index contributed by atoms with van der Waals surface area (Å²) in [6, 6.07) is 27.8. The maximum atomic E-state index is 13.4. The van der Waals surface area contributed by atoms with E-state index >= 15 is 0 Å². The van der Waals surface area contributed by atoms with Crippen molar-refractivity contribution >= 4 is 17.8 Å². The molecule has 8 nitrogen and oxygen atoms in total. The predicted molar refractivity (Wildman–Crippen MR) is 169 cm³/mol. The molecule has 1 atom stereocenters. The number of rotatable bonds is 11. The molecule has 5 rings (SSSR count). The molecule has 1 saturated heterocycles. The summed E-state index contributed by atoms with van der Waals surface area (Å²) in [5.41, 5.74) is 4.03. The second kappa shape index (κ2) is 14.8. The van der Waals surface area contributed by atoms with Crippen molar-refractivity contribution in [2.45, 2.75) is 58.2 Å². The van der Waals surface area contributed by atoms with Crippen LogP contribution in [0.4, 0.5) is 0 Å². The molecule has 44 heavy (non-hydrogen) atoms.